The van der Waals surface area contributed by atoms with Crippen LogP contribution in [0.1, 0.15) is 56.8 Å². The van der Waals surface area contributed by atoms with Crippen molar-refractivity contribution in [3.05, 3.63) is 66.0 Å². The molecule has 4 bridgehead atoms. The van der Waals surface area contributed by atoms with E-state index in [0.29, 0.717) is 11.5 Å². The van der Waals surface area contributed by atoms with Gasteiger partial charge >= 0.3 is 0 Å². The summed E-state index contributed by atoms with van der Waals surface area (Å²) in [7, 11) is 0. The zero-order valence-corrected chi connectivity index (χ0v) is 17.9. The lowest BCUT2D eigenvalue weighted by molar-refractivity contribution is -0.0632. The van der Waals surface area contributed by atoms with E-state index in [1.807, 2.05) is 0 Å². The summed E-state index contributed by atoms with van der Waals surface area (Å²) >= 11 is 0. The molecule has 7 rings (SSSR count). The van der Waals surface area contributed by atoms with Gasteiger partial charge in [0.15, 0.2) is 5.82 Å². The molecule has 0 unspecified atom stereocenters. The maximum atomic E-state index is 5.17. The van der Waals surface area contributed by atoms with Gasteiger partial charge in [0.2, 0.25) is 0 Å². The highest BCUT2D eigenvalue weighted by Gasteiger charge is 2.53. The fourth-order valence-corrected chi connectivity index (χ4v) is 7.15. The van der Waals surface area contributed by atoms with Gasteiger partial charge in [-0.3, -0.25) is 4.99 Å². The summed E-state index contributed by atoms with van der Waals surface area (Å²) in [5.41, 5.74) is 3.98. The molecule has 2 aromatic carbocycles. The second-order valence-electron chi connectivity index (χ2n) is 10.3. The Morgan fingerprint density at radius 3 is 2.30 bits per heavy atom. The molecule has 3 heteroatoms. The van der Waals surface area contributed by atoms with E-state index >= 15 is 0 Å². The van der Waals surface area contributed by atoms with E-state index < -0.39 is 0 Å². The van der Waals surface area contributed by atoms with E-state index in [-0.39, 0.29) is 0 Å². The standard InChI is InChI=1S/C27H31N3/c1-19(27-14-21-11-22(15-27)13-23(12-21)16-27)28-17-26-29-24-9-5-6-10-25(24)30(26)18-20-7-3-2-4-8-20/h2-10,17,19,21-23H,11-16,18H2,1H3/t19-,21?,22?,23?,27?/m1/s1. The van der Waals surface area contributed by atoms with E-state index in [1.165, 1.54) is 49.6 Å². The zero-order chi connectivity index (χ0) is 20.1. The number of benzene rings is 2. The number of nitrogens with zero attached hydrogens (tertiary/aromatic N) is 3. The zero-order valence-electron chi connectivity index (χ0n) is 17.9. The number of aromatic nitrogens is 2. The van der Waals surface area contributed by atoms with Gasteiger partial charge in [-0.1, -0.05) is 42.5 Å². The molecule has 3 nitrogen and oxygen atoms in total. The monoisotopic (exact) mass is 397 g/mol. The van der Waals surface area contributed by atoms with Gasteiger partial charge in [0.05, 0.1) is 23.3 Å². The summed E-state index contributed by atoms with van der Waals surface area (Å²) in [5, 5.41) is 0. The highest BCUT2D eigenvalue weighted by Crippen LogP contribution is 2.61. The molecule has 3 aromatic rings. The van der Waals surface area contributed by atoms with Crippen LogP contribution in [-0.2, 0) is 6.54 Å². The lowest BCUT2D eigenvalue weighted by Crippen LogP contribution is -2.50. The predicted molar refractivity (Wildman–Crippen MR) is 123 cm³/mol. The van der Waals surface area contributed by atoms with Crippen LogP contribution in [0.5, 0.6) is 0 Å². The third-order valence-corrected chi connectivity index (χ3v) is 8.25. The third-order valence-electron chi connectivity index (χ3n) is 8.25. The van der Waals surface area contributed by atoms with Crippen molar-refractivity contribution < 1.29 is 0 Å². The van der Waals surface area contributed by atoms with Gasteiger partial charge in [0, 0.05) is 6.54 Å². The number of hydrogen-bond acceptors (Lipinski definition) is 2. The molecule has 30 heavy (non-hydrogen) atoms. The van der Waals surface area contributed by atoms with Gasteiger partial charge in [-0.2, -0.15) is 0 Å². The SMILES string of the molecule is C[C@@H](N=Cc1nc2ccccc2n1Cc1ccccc1)C12CC3CC(CC(C3)C1)C2. The van der Waals surface area contributed by atoms with Crippen LogP contribution in [0.2, 0.25) is 0 Å². The van der Waals surface area contributed by atoms with Gasteiger partial charge in [-0.05, 0) is 86.3 Å². The Balaban J connectivity index is 1.32. The summed E-state index contributed by atoms with van der Waals surface area (Å²) in [6.07, 6.45) is 10.7. The van der Waals surface area contributed by atoms with Crippen molar-refractivity contribution in [1.29, 1.82) is 0 Å². The van der Waals surface area contributed by atoms with E-state index in [0.717, 1.165) is 35.6 Å². The van der Waals surface area contributed by atoms with E-state index in [9.17, 15) is 0 Å². The van der Waals surface area contributed by atoms with Gasteiger partial charge in [-0.25, -0.2) is 4.98 Å². The topological polar surface area (TPSA) is 30.2 Å². The molecule has 1 atom stereocenters. The van der Waals surface area contributed by atoms with E-state index in [1.54, 1.807) is 0 Å². The summed E-state index contributed by atoms with van der Waals surface area (Å²) in [5.74, 6) is 3.89. The molecule has 1 heterocycles. The highest BCUT2D eigenvalue weighted by atomic mass is 15.1. The van der Waals surface area contributed by atoms with Crippen LogP contribution in [0.3, 0.4) is 0 Å². The Morgan fingerprint density at radius 2 is 1.60 bits per heavy atom. The minimum absolute atomic E-state index is 0.385. The quantitative estimate of drug-likeness (QED) is 0.478. The van der Waals surface area contributed by atoms with Gasteiger partial charge in [-0.15, -0.1) is 0 Å². The maximum Gasteiger partial charge on any atom is 0.152 e. The number of para-hydroxylation sites is 2. The van der Waals surface area contributed by atoms with Crippen molar-refractivity contribution in [2.75, 3.05) is 0 Å². The normalized spacial score (nSPS) is 31.0. The number of aliphatic imine (C=N–C) groups is 1. The van der Waals surface area contributed by atoms with Crippen molar-refractivity contribution in [2.45, 2.75) is 58.0 Å². The number of hydrogen-bond donors (Lipinski definition) is 0. The van der Waals surface area contributed by atoms with Crippen molar-refractivity contribution >= 4 is 17.2 Å². The molecule has 0 spiro atoms. The highest BCUT2D eigenvalue weighted by molar-refractivity contribution is 5.85. The summed E-state index contributed by atoms with van der Waals surface area (Å²) in [6, 6.07) is 19.5. The molecule has 0 radical (unpaired) electrons. The molecule has 4 aliphatic carbocycles. The molecular formula is C27H31N3. The maximum absolute atomic E-state index is 5.17. The van der Waals surface area contributed by atoms with Crippen LogP contribution in [0.4, 0.5) is 0 Å². The molecule has 0 aliphatic heterocycles. The number of rotatable bonds is 5. The second-order valence-corrected chi connectivity index (χ2v) is 10.3. The average Bonchev–Trinajstić information content (AvgIpc) is 3.09. The second kappa shape index (κ2) is 7.08. The number of imidazole rings is 1. The van der Waals surface area contributed by atoms with Crippen molar-refractivity contribution in [1.82, 2.24) is 9.55 Å². The van der Waals surface area contributed by atoms with Crippen molar-refractivity contribution in [3.63, 3.8) is 0 Å². The fraction of sp³-hybridized carbons (Fsp3) is 0.481. The molecule has 0 saturated heterocycles. The van der Waals surface area contributed by atoms with Crippen molar-refractivity contribution in [3.8, 4) is 0 Å². The molecular weight excluding hydrogens is 366 g/mol. The molecule has 0 amide bonds. The van der Waals surface area contributed by atoms with Gasteiger partial charge in [0.25, 0.3) is 0 Å². The largest absolute Gasteiger partial charge is 0.319 e. The Hall–Kier alpha value is -2.42. The lowest BCUT2D eigenvalue weighted by Gasteiger charge is -2.58. The molecule has 154 valence electrons. The lowest BCUT2D eigenvalue weighted by atomic mass is 9.48. The minimum Gasteiger partial charge on any atom is -0.319 e. The third kappa shape index (κ3) is 3.10. The first-order valence-corrected chi connectivity index (χ1v) is 11.7. The van der Waals surface area contributed by atoms with Crippen LogP contribution in [-0.4, -0.2) is 21.8 Å². The van der Waals surface area contributed by atoms with Gasteiger partial charge < -0.3 is 4.57 Å². The molecule has 0 N–H and O–H groups in total. The summed E-state index contributed by atoms with van der Waals surface area (Å²) in [4.78, 5) is 10.1. The van der Waals surface area contributed by atoms with Crippen LogP contribution in [0.25, 0.3) is 11.0 Å². The minimum atomic E-state index is 0.385. The van der Waals surface area contributed by atoms with Crippen LogP contribution in [0, 0.1) is 23.2 Å². The van der Waals surface area contributed by atoms with E-state index in [2.05, 4.69) is 72.3 Å². The fourth-order valence-electron chi connectivity index (χ4n) is 7.15. The number of fused-ring (bicyclic) bond motifs is 1. The van der Waals surface area contributed by atoms with Crippen LogP contribution >= 0.6 is 0 Å². The average molecular weight is 398 g/mol. The van der Waals surface area contributed by atoms with Crippen LogP contribution in [0.15, 0.2) is 59.6 Å². The van der Waals surface area contributed by atoms with Crippen molar-refractivity contribution in [2.24, 2.45) is 28.2 Å². The summed E-state index contributed by atoms with van der Waals surface area (Å²) in [6.45, 7) is 3.20. The van der Waals surface area contributed by atoms with Crippen LogP contribution < -0.4 is 0 Å². The molecule has 4 saturated carbocycles. The Kier molecular flexibility index (Phi) is 4.33. The van der Waals surface area contributed by atoms with Gasteiger partial charge in [0.1, 0.15) is 0 Å². The molecule has 4 aliphatic rings. The first kappa shape index (κ1) is 18.4. The Morgan fingerprint density at radius 1 is 0.967 bits per heavy atom. The summed E-state index contributed by atoms with van der Waals surface area (Å²) < 4.78 is 2.32. The first-order chi connectivity index (χ1) is 14.7. The smallest absolute Gasteiger partial charge is 0.152 e. The Bertz CT molecular complexity index is 1040. The van der Waals surface area contributed by atoms with E-state index in [4.69, 9.17) is 9.98 Å². The predicted octanol–water partition coefficient (Wildman–Crippen LogP) is 6.11. The molecule has 1 aromatic heterocycles. The first-order valence-electron chi connectivity index (χ1n) is 11.7. The Labute approximate surface area is 179 Å². The molecule has 4 fully saturated rings.